The number of para-hydroxylation sites is 2. The molecule has 0 amide bonds. The second-order valence-corrected chi connectivity index (χ2v) is 6.88. The Labute approximate surface area is 174 Å². The molecule has 0 spiro atoms. The molecule has 0 aliphatic heterocycles. The smallest absolute Gasteiger partial charge is 0.197 e. The van der Waals surface area contributed by atoms with Crippen LogP contribution in [0.25, 0.3) is 22.5 Å². The lowest BCUT2D eigenvalue weighted by atomic mass is 10.1. The minimum Gasteiger partial charge on any atom is -0.441 e. The predicted octanol–water partition coefficient (Wildman–Crippen LogP) is 7.26. The third kappa shape index (κ3) is 3.98. The van der Waals surface area contributed by atoms with Crippen LogP contribution in [0, 0.1) is 0 Å². The summed E-state index contributed by atoms with van der Waals surface area (Å²) in [6.07, 6.45) is 0. The summed E-state index contributed by atoms with van der Waals surface area (Å²) in [6, 6.07) is 35.8. The summed E-state index contributed by atoms with van der Waals surface area (Å²) < 4.78 is 11.7. The van der Waals surface area contributed by atoms with Gasteiger partial charge in [-0.2, -0.15) is 0 Å². The quantitative estimate of drug-likeness (QED) is 0.319. The van der Waals surface area contributed by atoms with E-state index in [9.17, 15) is 0 Å². The summed E-state index contributed by atoms with van der Waals surface area (Å²) in [6.45, 7) is 0. The number of hydrogen-bond donors (Lipinski definition) is 2. The molecule has 0 aliphatic rings. The third-order valence-corrected chi connectivity index (χ3v) is 4.77. The highest BCUT2D eigenvalue weighted by atomic mass is 16.5. The average Bonchev–Trinajstić information content (AvgIpc) is 3.45. The molecule has 146 valence electrons. The zero-order chi connectivity index (χ0) is 20.2. The Morgan fingerprint density at radius 1 is 0.400 bits per heavy atom. The van der Waals surface area contributed by atoms with Crippen molar-refractivity contribution in [2.45, 2.75) is 0 Å². The normalized spacial score (nSPS) is 10.7. The fourth-order valence-corrected chi connectivity index (χ4v) is 3.27. The van der Waals surface area contributed by atoms with E-state index in [-0.39, 0.29) is 0 Å². The first kappa shape index (κ1) is 17.9. The van der Waals surface area contributed by atoms with Gasteiger partial charge in [0.05, 0.1) is 0 Å². The maximum atomic E-state index is 5.85. The molecule has 5 aromatic rings. The van der Waals surface area contributed by atoms with Crippen LogP contribution in [-0.2, 0) is 0 Å². The van der Waals surface area contributed by atoms with Crippen molar-refractivity contribution in [3.05, 3.63) is 109 Å². The minimum absolute atomic E-state index is 0.715. The fraction of sp³-hybridized carbons (Fsp3) is 0. The Hall–Kier alpha value is -4.18. The average molecular weight is 392 g/mol. The van der Waals surface area contributed by atoms with Crippen LogP contribution in [0.2, 0.25) is 0 Å². The molecule has 0 unspecified atom stereocenters. The molecule has 2 aromatic heterocycles. The molecular weight excluding hydrogens is 372 g/mol. The summed E-state index contributed by atoms with van der Waals surface area (Å²) in [5.41, 5.74) is 4.20. The fourth-order valence-electron chi connectivity index (χ4n) is 3.27. The molecule has 3 aromatic carbocycles. The van der Waals surface area contributed by atoms with Crippen LogP contribution in [0.3, 0.4) is 0 Å². The van der Waals surface area contributed by atoms with Crippen molar-refractivity contribution in [1.82, 2.24) is 9.97 Å². The Balaban J connectivity index is 1.29. The van der Waals surface area contributed by atoms with Crippen LogP contribution in [0.1, 0.15) is 0 Å². The van der Waals surface area contributed by atoms with E-state index < -0.39 is 0 Å². The van der Waals surface area contributed by atoms with E-state index in [2.05, 4.69) is 34.2 Å². The van der Waals surface area contributed by atoms with Gasteiger partial charge in [0, 0.05) is 23.5 Å². The molecule has 0 saturated carbocycles. The van der Waals surface area contributed by atoms with E-state index in [0.29, 0.717) is 11.8 Å². The summed E-state index contributed by atoms with van der Waals surface area (Å²) in [4.78, 5) is 6.64. The Morgan fingerprint density at radius 2 is 0.800 bits per heavy atom. The summed E-state index contributed by atoms with van der Waals surface area (Å²) in [5, 5.41) is 0. The summed E-state index contributed by atoms with van der Waals surface area (Å²) >= 11 is 0. The molecule has 0 atom stereocenters. The molecule has 0 aliphatic carbocycles. The van der Waals surface area contributed by atoms with Crippen molar-refractivity contribution in [2.24, 2.45) is 0 Å². The van der Waals surface area contributed by atoms with Crippen LogP contribution in [0.15, 0.2) is 109 Å². The molecule has 0 fully saturated rings. The highest BCUT2D eigenvalue weighted by molar-refractivity contribution is 5.68. The number of benzene rings is 3. The Morgan fingerprint density at radius 3 is 1.20 bits per heavy atom. The van der Waals surface area contributed by atoms with Crippen LogP contribution in [0.4, 0.5) is 0 Å². The zero-order valence-electron chi connectivity index (χ0n) is 16.2. The van der Waals surface area contributed by atoms with Gasteiger partial charge >= 0.3 is 0 Å². The largest absolute Gasteiger partial charge is 0.441 e. The van der Waals surface area contributed by atoms with Gasteiger partial charge in [0.15, 0.2) is 11.8 Å². The molecule has 0 saturated heterocycles. The third-order valence-electron chi connectivity index (χ3n) is 4.77. The first-order valence-electron chi connectivity index (χ1n) is 9.78. The lowest BCUT2D eigenvalue weighted by Crippen LogP contribution is -1.85. The van der Waals surface area contributed by atoms with Crippen LogP contribution in [0.5, 0.6) is 23.3 Å². The molecule has 2 N–H and O–H groups in total. The van der Waals surface area contributed by atoms with Crippen LogP contribution in [-0.4, -0.2) is 9.97 Å². The maximum Gasteiger partial charge on any atom is 0.197 e. The van der Waals surface area contributed by atoms with Gasteiger partial charge in [-0.3, -0.25) is 0 Å². The van der Waals surface area contributed by atoms with Gasteiger partial charge in [0.2, 0.25) is 0 Å². The zero-order valence-corrected chi connectivity index (χ0v) is 16.2. The van der Waals surface area contributed by atoms with Gasteiger partial charge in [-0.1, -0.05) is 60.7 Å². The number of H-pyrrole nitrogens is 2. The van der Waals surface area contributed by atoms with Crippen molar-refractivity contribution in [1.29, 1.82) is 0 Å². The van der Waals surface area contributed by atoms with E-state index in [4.69, 9.17) is 9.47 Å². The highest BCUT2D eigenvalue weighted by Gasteiger charge is 2.07. The van der Waals surface area contributed by atoms with E-state index in [1.54, 1.807) is 0 Å². The second-order valence-electron chi connectivity index (χ2n) is 6.88. The molecule has 4 nitrogen and oxygen atoms in total. The molecule has 0 radical (unpaired) electrons. The van der Waals surface area contributed by atoms with Crippen molar-refractivity contribution in [3.8, 4) is 45.8 Å². The number of rotatable bonds is 6. The summed E-state index contributed by atoms with van der Waals surface area (Å²) in [5.74, 6) is 3.04. The topological polar surface area (TPSA) is 50.0 Å². The predicted molar refractivity (Wildman–Crippen MR) is 119 cm³/mol. The summed E-state index contributed by atoms with van der Waals surface area (Å²) in [7, 11) is 0. The molecule has 0 bridgehead atoms. The van der Waals surface area contributed by atoms with Gasteiger partial charge in [-0.25, -0.2) is 0 Å². The minimum atomic E-state index is 0.715. The Kier molecular flexibility index (Phi) is 4.80. The molecule has 4 heteroatoms. The molecular formula is C26H20N2O2. The standard InChI is InChI=1S/C26H20N2O2/c1-3-7-21(8-4-1)29-25-17-15-23(27-25)19-11-13-20(14-12-19)24-16-18-26(28-24)30-22-9-5-2-6-10-22/h1-18,27-28H. The number of aromatic amines is 2. The van der Waals surface area contributed by atoms with Gasteiger partial charge < -0.3 is 19.4 Å². The van der Waals surface area contributed by atoms with Gasteiger partial charge in [-0.05, 0) is 47.5 Å². The molecule has 30 heavy (non-hydrogen) atoms. The van der Waals surface area contributed by atoms with Gasteiger partial charge in [0.1, 0.15) is 11.5 Å². The number of nitrogens with one attached hydrogen (secondary N) is 2. The monoisotopic (exact) mass is 392 g/mol. The van der Waals surface area contributed by atoms with Crippen LogP contribution >= 0.6 is 0 Å². The van der Waals surface area contributed by atoms with Gasteiger partial charge in [0.25, 0.3) is 0 Å². The Bertz CT molecular complexity index is 1120. The van der Waals surface area contributed by atoms with Crippen molar-refractivity contribution in [3.63, 3.8) is 0 Å². The van der Waals surface area contributed by atoms with E-state index >= 15 is 0 Å². The van der Waals surface area contributed by atoms with Gasteiger partial charge in [-0.15, -0.1) is 0 Å². The number of ether oxygens (including phenoxy) is 2. The first-order chi connectivity index (χ1) is 14.8. The first-order valence-corrected chi connectivity index (χ1v) is 9.78. The van der Waals surface area contributed by atoms with E-state index in [0.717, 1.165) is 34.0 Å². The van der Waals surface area contributed by atoms with Crippen molar-refractivity contribution < 1.29 is 9.47 Å². The maximum absolute atomic E-state index is 5.85. The van der Waals surface area contributed by atoms with E-state index in [1.807, 2.05) is 84.9 Å². The molecule has 2 heterocycles. The van der Waals surface area contributed by atoms with Crippen molar-refractivity contribution >= 4 is 0 Å². The van der Waals surface area contributed by atoms with E-state index in [1.165, 1.54) is 0 Å². The highest BCUT2D eigenvalue weighted by Crippen LogP contribution is 2.29. The van der Waals surface area contributed by atoms with Crippen molar-refractivity contribution in [2.75, 3.05) is 0 Å². The number of aromatic nitrogens is 2. The molecule has 5 rings (SSSR count). The van der Waals surface area contributed by atoms with Crippen LogP contribution < -0.4 is 9.47 Å². The number of hydrogen-bond acceptors (Lipinski definition) is 2. The second kappa shape index (κ2) is 8.05. The lowest BCUT2D eigenvalue weighted by molar-refractivity contribution is 0.466. The lowest BCUT2D eigenvalue weighted by Gasteiger charge is -2.04. The SMILES string of the molecule is c1ccc(Oc2ccc(-c3ccc(-c4ccc(Oc5ccccc5)[nH]4)cc3)[nH]2)cc1.